The quantitative estimate of drug-likeness (QED) is 0.627. The van der Waals surface area contributed by atoms with E-state index in [1.165, 1.54) is 6.07 Å². The summed E-state index contributed by atoms with van der Waals surface area (Å²) in [5.74, 6) is 0. The molecule has 1 rings (SSSR count). The van der Waals surface area contributed by atoms with E-state index in [0.717, 1.165) is 0 Å². The van der Waals surface area contributed by atoms with Gasteiger partial charge in [-0.15, -0.1) is 0 Å². The van der Waals surface area contributed by atoms with Gasteiger partial charge < -0.3 is 4.90 Å². The number of hydrogen-bond donors (Lipinski definition) is 0. The third kappa shape index (κ3) is 2.36. The Morgan fingerprint density at radius 1 is 1.53 bits per heavy atom. The number of benzene rings is 1. The van der Waals surface area contributed by atoms with Gasteiger partial charge in [-0.25, -0.2) is 0 Å². The highest BCUT2D eigenvalue weighted by Gasteiger charge is 2.19. The number of nitro groups is 1. The first-order chi connectivity index (χ1) is 6.95. The third-order valence-electron chi connectivity index (χ3n) is 2.02. The Morgan fingerprint density at radius 3 is 2.60 bits per heavy atom. The highest BCUT2D eigenvalue weighted by Crippen LogP contribution is 2.32. The Labute approximate surface area is 96.5 Å². The molecule has 1 aromatic carbocycles. The lowest BCUT2D eigenvalue weighted by Gasteiger charge is -2.16. The van der Waals surface area contributed by atoms with Crippen molar-refractivity contribution >= 4 is 27.3 Å². The fourth-order valence-corrected chi connectivity index (χ4v) is 1.76. The SMILES string of the molecule is C=C(c1c(Br)cccc1[N+](=O)[O-])N(C)C. The molecule has 0 spiro atoms. The van der Waals surface area contributed by atoms with Gasteiger partial charge in [0, 0.05) is 30.3 Å². The van der Waals surface area contributed by atoms with Crippen LogP contribution in [-0.4, -0.2) is 23.9 Å². The summed E-state index contributed by atoms with van der Waals surface area (Å²) in [5.41, 5.74) is 1.18. The standard InChI is InChI=1S/C10H11BrN2O2/c1-7(12(2)3)10-8(11)5-4-6-9(10)13(14)15/h4-6H,1H2,2-3H3. The summed E-state index contributed by atoms with van der Waals surface area (Å²) in [7, 11) is 3.59. The van der Waals surface area contributed by atoms with E-state index in [1.54, 1.807) is 31.1 Å². The first-order valence-electron chi connectivity index (χ1n) is 4.24. The zero-order valence-corrected chi connectivity index (χ0v) is 10.1. The largest absolute Gasteiger partial charge is 0.377 e. The van der Waals surface area contributed by atoms with Gasteiger partial charge in [0.15, 0.2) is 0 Å². The van der Waals surface area contributed by atoms with Crippen LogP contribution in [0.3, 0.4) is 0 Å². The van der Waals surface area contributed by atoms with E-state index in [-0.39, 0.29) is 5.69 Å². The molecule has 0 amide bonds. The lowest BCUT2D eigenvalue weighted by atomic mass is 10.1. The lowest BCUT2D eigenvalue weighted by Crippen LogP contribution is -2.10. The maximum atomic E-state index is 10.8. The molecular weight excluding hydrogens is 260 g/mol. The maximum absolute atomic E-state index is 10.8. The molecule has 0 unspecified atom stereocenters. The van der Waals surface area contributed by atoms with E-state index in [9.17, 15) is 10.1 Å². The minimum atomic E-state index is -0.408. The van der Waals surface area contributed by atoms with E-state index in [4.69, 9.17) is 0 Å². The number of hydrogen-bond acceptors (Lipinski definition) is 3. The van der Waals surface area contributed by atoms with Crippen LogP contribution in [0.5, 0.6) is 0 Å². The molecule has 0 atom stereocenters. The van der Waals surface area contributed by atoms with Crippen molar-refractivity contribution in [1.82, 2.24) is 4.90 Å². The van der Waals surface area contributed by atoms with Gasteiger partial charge in [-0.2, -0.15) is 0 Å². The monoisotopic (exact) mass is 270 g/mol. The molecule has 0 aliphatic rings. The Morgan fingerprint density at radius 2 is 2.13 bits per heavy atom. The van der Waals surface area contributed by atoms with Crippen molar-refractivity contribution in [2.24, 2.45) is 0 Å². The van der Waals surface area contributed by atoms with E-state index < -0.39 is 4.92 Å². The Balaban J connectivity index is 3.37. The zero-order chi connectivity index (χ0) is 11.6. The summed E-state index contributed by atoms with van der Waals surface area (Å²) in [6.07, 6.45) is 0. The molecule has 4 nitrogen and oxygen atoms in total. The molecule has 0 fully saturated rings. The minimum absolute atomic E-state index is 0.0584. The van der Waals surface area contributed by atoms with Crippen LogP contribution in [0.4, 0.5) is 5.69 Å². The first-order valence-corrected chi connectivity index (χ1v) is 5.04. The van der Waals surface area contributed by atoms with Crippen molar-refractivity contribution in [3.8, 4) is 0 Å². The zero-order valence-electron chi connectivity index (χ0n) is 8.53. The number of nitro benzene ring substituents is 1. The van der Waals surface area contributed by atoms with Crippen LogP contribution < -0.4 is 0 Å². The maximum Gasteiger partial charge on any atom is 0.279 e. The second kappa shape index (κ2) is 4.44. The van der Waals surface area contributed by atoms with Gasteiger partial charge in [0.2, 0.25) is 0 Å². The summed E-state index contributed by atoms with van der Waals surface area (Å²) in [6, 6.07) is 4.86. The average molecular weight is 271 g/mol. The van der Waals surface area contributed by atoms with E-state index >= 15 is 0 Å². The van der Waals surface area contributed by atoms with Crippen LogP contribution in [0.2, 0.25) is 0 Å². The molecular formula is C10H11BrN2O2. The molecule has 0 saturated heterocycles. The molecule has 1 aromatic rings. The molecule has 0 heterocycles. The number of rotatable bonds is 3. The first kappa shape index (κ1) is 11.7. The predicted octanol–water partition coefficient (Wildman–Crippen LogP) is 2.89. The lowest BCUT2D eigenvalue weighted by molar-refractivity contribution is -0.385. The van der Waals surface area contributed by atoms with E-state index in [1.807, 2.05) is 0 Å². The molecule has 0 saturated carbocycles. The topological polar surface area (TPSA) is 46.4 Å². The average Bonchev–Trinajstić information content (AvgIpc) is 2.16. The van der Waals surface area contributed by atoms with Gasteiger partial charge in [-0.05, 0) is 22.0 Å². The number of halogens is 1. The van der Waals surface area contributed by atoms with E-state index in [0.29, 0.717) is 15.7 Å². The van der Waals surface area contributed by atoms with Gasteiger partial charge in [-0.1, -0.05) is 12.6 Å². The van der Waals surface area contributed by atoms with Gasteiger partial charge in [0.25, 0.3) is 5.69 Å². The summed E-state index contributed by atoms with van der Waals surface area (Å²) in [4.78, 5) is 12.2. The van der Waals surface area contributed by atoms with E-state index in [2.05, 4.69) is 22.5 Å². The number of nitrogens with zero attached hydrogens (tertiary/aromatic N) is 2. The summed E-state index contributed by atoms with van der Waals surface area (Å²) in [5, 5.41) is 10.8. The van der Waals surface area contributed by atoms with Crippen molar-refractivity contribution in [2.75, 3.05) is 14.1 Å². The Bertz CT molecular complexity index is 416. The molecule has 5 heteroatoms. The fourth-order valence-electron chi connectivity index (χ4n) is 1.17. The van der Waals surface area contributed by atoms with Crippen LogP contribution in [-0.2, 0) is 0 Å². The second-order valence-electron chi connectivity index (χ2n) is 3.23. The van der Waals surface area contributed by atoms with Crippen LogP contribution in [0.25, 0.3) is 5.70 Å². The highest BCUT2D eigenvalue weighted by atomic mass is 79.9. The smallest absolute Gasteiger partial charge is 0.279 e. The minimum Gasteiger partial charge on any atom is -0.377 e. The van der Waals surface area contributed by atoms with Gasteiger partial charge in [0.05, 0.1) is 10.5 Å². The van der Waals surface area contributed by atoms with Crippen molar-refractivity contribution < 1.29 is 4.92 Å². The summed E-state index contributed by atoms with van der Waals surface area (Å²) in [6.45, 7) is 3.82. The highest BCUT2D eigenvalue weighted by molar-refractivity contribution is 9.10. The third-order valence-corrected chi connectivity index (χ3v) is 2.68. The predicted molar refractivity (Wildman–Crippen MR) is 63.5 cm³/mol. The second-order valence-corrected chi connectivity index (χ2v) is 4.09. The van der Waals surface area contributed by atoms with Crippen molar-refractivity contribution in [3.63, 3.8) is 0 Å². The van der Waals surface area contributed by atoms with Crippen LogP contribution in [0, 0.1) is 10.1 Å². The van der Waals surface area contributed by atoms with Crippen molar-refractivity contribution in [2.45, 2.75) is 0 Å². The van der Waals surface area contributed by atoms with Gasteiger partial charge in [-0.3, -0.25) is 10.1 Å². The summed E-state index contributed by atoms with van der Waals surface area (Å²) >= 11 is 3.29. The molecule has 0 aliphatic heterocycles. The van der Waals surface area contributed by atoms with Crippen molar-refractivity contribution in [3.05, 3.63) is 44.9 Å². The molecule has 0 aromatic heterocycles. The molecule has 0 aliphatic carbocycles. The molecule has 15 heavy (non-hydrogen) atoms. The van der Waals surface area contributed by atoms with Gasteiger partial charge >= 0.3 is 0 Å². The Hall–Kier alpha value is -1.36. The van der Waals surface area contributed by atoms with Gasteiger partial charge in [0.1, 0.15) is 0 Å². The van der Waals surface area contributed by atoms with Crippen LogP contribution in [0.15, 0.2) is 29.3 Å². The van der Waals surface area contributed by atoms with Crippen LogP contribution in [0.1, 0.15) is 5.56 Å². The molecule has 0 bridgehead atoms. The van der Waals surface area contributed by atoms with Crippen LogP contribution >= 0.6 is 15.9 Å². The molecule has 0 radical (unpaired) electrons. The fraction of sp³-hybridized carbons (Fsp3) is 0.200. The molecule has 80 valence electrons. The Kier molecular flexibility index (Phi) is 3.47. The molecule has 0 N–H and O–H groups in total. The normalized spacial score (nSPS) is 9.80. The summed E-state index contributed by atoms with van der Waals surface area (Å²) < 4.78 is 0.676. The van der Waals surface area contributed by atoms with Crippen molar-refractivity contribution in [1.29, 1.82) is 0 Å².